The molecule has 3 aliphatic heterocycles. The molecule has 3 atom stereocenters. The van der Waals surface area contributed by atoms with E-state index in [1.54, 1.807) is 18.1 Å². The molecule has 0 saturated carbocycles. The van der Waals surface area contributed by atoms with Gasteiger partial charge in [0, 0.05) is 25.6 Å². The van der Waals surface area contributed by atoms with Crippen molar-refractivity contribution in [2.24, 2.45) is 0 Å². The fraction of sp³-hybridized carbons (Fsp3) is 0.455. The summed E-state index contributed by atoms with van der Waals surface area (Å²) in [6.45, 7) is 4.21. The first-order valence-corrected chi connectivity index (χ1v) is 16.5. The van der Waals surface area contributed by atoms with Gasteiger partial charge in [0.15, 0.2) is 11.6 Å². The number of anilines is 4. The summed E-state index contributed by atoms with van der Waals surface area (Å²) in [6, 6.07) is 2.09. The number of rotatable bonds is 7. The third kappa shape index (κ3) is 5.61. The van der Waals surface area contributed by atoms with Gasteiger partial charge in [-0.05, 0) is 50.9 Å². The van der Waals surface area contributed by atoms with Gasteiger partial charge in [-0.15, -0.1) is 0 Å². The van der Waals surface area contributed by atoms with Crippen molar-refractivity contribution in [3.05, 3.63) is 45.9 Å². The van der Waals surface area contributed by atoms with E-state index in [1.165, 1.54) is 6.92 Å². The Bertz CT molecular complexity index is 2000. The average Bonchev–Trinajstić information content (AvgIpc) is 3.50. The summed E-state index contributed by atoms with van der Waals surface area (Å²) in [5, 5.41) is 2.60. The number of benzene rings is 1. The van der Waals surface area contributed by atoms with E-state index in [0.717, 1.165) is 12.5 Å². The summed E-state index contributed by atoms with van der Waals surface area (Å²) in [5.41, 5.74) is 9.56. The van der Waals surface area contributed by atoms with Crippen LogP contribution < -0.4 is 31.2 Å². The Labute approximate surface area is 289 Å². The van der Waals surface area contributed by atoms with E-state index in [0.29, 0.717) is 24.2 Å². The molecule has 2 saturated heterocycles. The summed E-state index contributed by atoms with van der Waals surface area (Å²) in [6.07, 6.45) is -2.57. The minimum Gasteiger partial charge on any atom is -0.489 e. The van der Waals surface area contributed by atoms with E-state index in [9.17, 15) is 17.6 Å². The zero-order chi connectivity index (χ0) is 35.7. The van der Waals surface area contributed by atoms with Crippen LogP contribution in [0.2, 0.25) is 5.02 Å². The van der Waals surface area contributed by atoms with Gasteiger partial charge in [0.2, 0.25) is 0 Å². The average molecular weight is 720 g/mol. The van der Waals surface area contributed by atoms with Gasteiger partial charge in [-0.3, -0.25) is 4.90 Å². The van der Waals surface area contributed by atoms with E-state index in [4.69, 9.17) is 37.5 Å². The van der Waals surface area contributed by atoms with Crippen molar-refractivity contribution >= 4 is 45.6 Å². The van der Waals surface area contributed by atoms with Crippen molar-refractivity contribution in [2.75, 3.05) is 61.6 Å². The molecular formula is C33H35ClF5N9O2. The van der Waals surface area contributed by atoms with Crippen molar-refractivity contribution in [3.8, 4) is 23.0 Å². The third-order valence-electron chi connectivity index (χ3n) is 9.94. The molecule has 5 N–H and O–H groups in total. The van der Waals surface area contributed by atoms with Crippen molar-refractivity contribution in [2.45, 2.75) is 57.0 Å². The number of nitrogens with one attached hydrogen (secondary N) is 1. The fourth-order valence-electron chi connectivity index (χ4n) is 7.60. The van der Waals surface area contributed by atoms with Crippen LogP contribution in [0.15, 0.2) is 18.3 Å². The van der Waals surface area contributed by atoms with Crippen LogP contribution in [-0.4, -0.2) is 76.4 Å². The van der Waals surface area contributed by atoms with Crippen molar-refractivity contribution in [1.29, 1.82) is 0 Å². The quantitative estimate of drug-likeness (QED) is 0.185. The first-order chi connectivity index (χ1) is 23.7. The third-order valence-corrected chi connectivity index (χ3v) is 10.3. The second-order valence-corrected chi connectivity index (χ2v) is 13.4. The van der Waals surface area contributed by atoms with Crippen LogP contribution in [0, 0.1) is 12.7 Å². The largest absolute Gasteiger partial charge is 0.489 e. The van der Waals surface area contributed by atoms with Gasteiger partial charge in [-0.2, -0.15) is 23.1 Å². The van der Waals surface area contributed by atoms with E-state index in [1.807, 2.05) is 17.9 Å². The van der Waals surface area contributed by atoms with Crippen molar-refractivity contribution in [3.63, 3.8) is 0 Å². The van der Waals surface area contributed by atoms with Crippen LogP contribution in [0.3, 0.4) is 0 Å². The lowest BCUT2D eigenvalue weighted by molar-refractivity contribution is -0.137. The second-order valence-electron chi connectivity index (χ2n) is 13.0. The number of ether oxygens (including phenoxy) is 2. The summed E-state index contributed by atoms with van der Waals surface area (Å²) >= 11 is 6.80. The molecule has 11 nitrogen and oxygen atoms in total. The molecule has 0 bridgehead atoms. The highest BCUT2D eigenvalue weighted by Crippen LogP contribution is 2.51. The van der Waals surface area contributed by atoms with Gasteiger partial charge in [0.05, 0.1) is 57.2 Å². The van der Waals surface area contributed by atoms with E-state index >= 15 is 4.39 Å². The van der Waals surface area contributed by atoms with Gasteiger partial charge < -0.3 is 31.2 Å². The van der Waals surface area contributed by atoms with Gasteiger partial charge in [-0.1, -0.05) is 11.6 Å². The summed E-state index contributed by atoms with van der Waals surface area (Å²) in [7, 11) is 1.74. The highest BCUT2D eigenvalue weighted by Gasteiger charge is 2.49. The Hall–Kier alpha value is -4.44. The molecule has 0 aliphatic carbocycles. The number of hydrogen-bond donors (Lipinski definition) is 3. The minimum absolute atomic E-state index is 0.0174. The number of nitrogens with two attached hydrogens (primary N) is 2. The maximum Gasteiger partial charge on any atom is 0.418 e. The lowest BCUT2D eigenvalue weighted by Crippen LogP contribution is -2.43. The molecule has 266 valence electrons. The fourth-order valence-corrected chi connectivity index (χ4v) is 7.92. The number of fused-ring (bicyclic) bond motifs is 1. The lowest BCUT2D eigenvalue weighted by atomic mass is 9.95. The number of hydrogen-bond acceptors (Lipinski definition) is 11. The maximum atomic E-state index is 17.1. The Morgan fingerprint density at radius 1 is 1.20 bits per heavy atom. The number of aryl methyl sites for hydroxylation is 1. The molecule has 4 aromatic rings. The molecule has 3 aromatic heterocycles. The van der Waals surface area contributed by atoms with Gasteiger partial charge in [0.25, 0.3) is 0 Å². The van der Waals surface area contributed by atoms with Crippen molar-refractivity contribution < 1.29 is 31.4 Å². The normalized spacial score (nSPS) is 21.2. The Balaban J connectivity index is 1.46. The molecule has 2 fully saturated rings. The van der Waals surface area contributed by atoms with Crippen LogP contribution in [0.4, 0.5) is 45.1 Å². The van der Waals surface area contributed by atoms with Crippen LogP contribution in [0.1, 0.15) is 48.9 Å². The summed E-state index contributed by atoms with van der Waals surface area (Å²) in [4.78, 5) is 21.2. The van der Waals surface area contributed by atoms with E-state index in [2.05, 4.69) is 20.3 Å². The van der Waals surface area contributed by atoms with Gasteiger partial charge >= 0.3 is 12.2 Å². The first kappa shape index (κ1) is 34.0. The molecule has 0 radical (unpaired) electrons. The number of aromatic nitrogens is 4. The molecule has 6 heterocycles. The standard InChI is InChI=1S/C33H35ClF5N9O2/c1-15-9-20(40)44-26(23(15)33(37,38)39)21-24(34)28-22-27(25(21)36)45-31(50-14-32-5-4-6-47(32)13-17(35)11-32)46-30(22)48(7-8-49-28)16(2)19-10-18(42-3)12-43-29(19)41/h9-10,12,16-17,42H,4-8,11,13-14H2,1-3H3,(H2,40,44)(H2,41,43)/t16-,17-,32+/m1/s1. The lowest BCUT2D eigenvalue weighted by Gasteiger charge is -2.32. The molecule has 0 amide bonds. The molecule has 1 aromatic carbocycles. The van der Waals surface area contributed by atoms with Gasteiger partial charge in [0.1, 0.15) is 42.4 Å². The number of nitrogen functional groups attached to an aromatic ring is 2. The van der Waals surface area contributed by atoms with Crippen LogP contribution in [0.5, 0.6) is 11.8 Å². The minimum atomic E-state index is -4.94. The smallest absolute Gasteiger partial charge is 0.418 e. The molecule has 17 heteroatoms. The van der Waals surface area contributed by atoms with Crippen LogP contribution in [-0.2, 0) is 6.18 Å². The number of pyridine rings is 2. The predicted octanol–water partition coefficient (Wildman–Crippen LogP) is 6.33. The first-order valence-electron chi connectivity index (χ1n) is 16.1. The summed E-state index contributed by atoms with van der Waals surface area (Å²) in [5.74, 6) is -1.20. The monoisotopic (exact) mass is 719 g/mol. The number of nitrogens with zero attached hydrogens (tertiary/aromatic N) is 6. The molecular weight excluding hydrogens is 685 g/mol. The zero-order valence-corrected chi connectivity index (χ0v) is 28.2. The molecule has 50 heavy (non-hydrogen) atoms. The van der Waals surface area contributed by atoms with E-state index < -0.39 is 57.1 Å². The van der Waals surface area contributed by atoms with Crippen molar-refractivity contribution in [1.82, 2.24) is 24.8 Å². The SMILES string of the molecule is CNc1cnc(N)c([C@@H](C)N2CCOc3c(Cl)c(-c4nc(N)cc(C)c4C(F)(F)F)c(F)c4nc(OC[C@@]56CCCN5C[C@H](F)C6)nc2c34)c1. The zero-order valence-electron chi connectivity index (χ0n) is 27.5. The van der Waals surface area contributed by atoms with E-state index in [-0.39, 0.29) is 72.9 Å². The van der Waals surface area contributed by atoms with Crippen LogP contribution in [0.25, 0.3) is 22.2 Å². The van der Waals surface area contributed by atoms with Crippen LogP contribution >= 0.6 is 11.6 Å². The van der Waals surface area contributed by atoms with Gasteiger partial charge in [-0.25, -0.2) is 18.7 Å². The Morgan fingerprint density at radius 3 is 2.72 bits per heavy atom. The highest BCUT2D eigenvalue weighted by atomic mass is 35.5. The topological polar surface area (TPSA) is 141 Å². The molecule has 0 spiro atoms. The highest BCUT2D eigenvalue weighted by molar-refractivity contribution is 6.36. The molecule has 0 unspecified atom stereocenters. The predicted molar refractivity (Wildman–Crippen MR) is 180 cm³/mol. The second kappa shape index (κ2) is 12.4. The maximum absolute atomic E-state index is 17.1. The number of alkyl halides is 4. The Morgan fingerprint density at radius 2 is 1.98 bits per heavy atom. The number of halogens is 6. The Kier molecular flexibility index (Phi) is 8.44. The molecule has 3 aliphatic rings. The molecule has 7 rings (SSSR count). The summed E-state index contributed by atoms with van der Waals surface area (Å²) < 4.78 is 87.3.